The fraction of sp³-hybridized carbons (Fsp3) is 0.214. The molecule has 0 saturated heterocycles. The summed E-state index contributed by atoms with van der Waals surface area (Å²) in [5, 5.41) is 0.0765. The molecule has 6 nitrogen and oxygen atoms in total. The molecule has 1 aromatic carbocycles. The number of methoxy groups -OCH3 is 1. The molecule has 2 heterocycles. The van der Waals surface area contributed by atoms with Crippen molar-refractivity contribution in [3.05, 3.63) is 46.5 Å². The monoisotopic (exact) mass is 306 g/mol. The topological polar surface area (TPSA) is 70.5 Å². The molecule has 1 aliphatic heterocycles. The minimum atomic E-state index is -0.561. The minimum Gasteiger partial charge on any atom is -0.465 e. The van der Waals surface area contributed by atoms with Crippen molar-refractivity contribution in [2.24, 2.45) is 0 Å². The number of carbonyl (C=O) groups is 1. The van der Waals surface area contributed by atoms with Crippen molar-refractivity contribution in [3.8, 4) is 11.5 Å². The molecule has 0 unspecified atom stereocenters. The number of fused-ring (bicyclic) bond motifs is 1. The van der Waals surface area contributed by atoms with Crippen LogP contribution in [0.4, 0.5) is 0 Å². The Balaban J connectivity index is 1.82. The zero-order valence-electron chi connectivity index (χ0n) is 11.1. The van der Waals surface area contributed by atoms with E-state index in [1.54, 1.807) is 0 Å². The summed E-state index contributed by atoms with van der Waals surface area (Å²) in [7, 11) is 1.28. The van der Waals surface area contributed by atoms with E-state index in [2.05, 4.69) is 14.7 Å². The molecule has 0 bridgehead atoms. The first-order valence-electron chi connectivity index (χ1n) is 6.15. The summed E-state index contributed by atoms with van der Waals surface area (Å²) in [5.41, 5.74) is 1.11. The van der Waals surface area contributed by atoms with Crippen LogP contribution in [-0.2, 0) is 11.2 Å². The van der Waals surface area contributed by atoms with E-state index in [4.69, 9.17) is 21.1 Å². The highest BCUT2D eigenvalue weighted by Crippen LogP contribution is 2.32. The van der Waals surface area contributed by atoms with Gasteiger partial charge in [0, 0.05) is 12.6 Å². The van der Waals surface area contributed by atoms with Gasteiger partial charge in [0.1, 0.15) is 16.5 Å². The molecule has 1 aliphatic rings. The Hall–Kier alpha value is -2.34. The Labute approximate surface area is 125 Å². The van der Waals surface area contributed by atoms with Gasteiger partial charge in [-0.1, -0.05) is 17.7 Å². The first-order chi connectivity index (χ1) is 10.2. The summed E-state index contributed by atoms with van der Waals surface area (Å²) < 4.78 is 15.2. The highest BCUT2D eigenvalue weighted by atomic mass is 35.5. The van der Waals surface area contributed by atoms with Gasteiger partial charge in [0.15, 0.2) is 11.5 Å². The van der Waals surface area contributed by atoms with Crippen molar-refractivity contribution >= 4 is 17.6 Å². The van der Waals surface area contributed by atoms with Gasteiger partial charge in [-0.2, -0.15) is 0 Å². The molecule has 0 aliphatic carbocycles. The first kappa shape index (κ1) is 13.6. The Morgan fingerprint density at radius 1 is 1.38 bits per heavy atom. The smallest absolute Gasteiger partial charge is 0.342 e. The number of aromatic nitrogens is 2. The first-order valence-corrected chi connectivity index (χ1v) is 6.53. The third-order valence-corrected chi connectivity index (χ3v) is 3.28. The lowest BCUT2D eigenvalue weighted by Crippen LogP contribution is -2.06. The number of esters is 1. The lowest BCUT2D eigenvalue weighted by Gasteiger charge is -2.05. The fourth-order valence-electron chi connectivity index (χ4n) is 1.96. The van der Waals surface area contributed by atoms with Crippen molar-refractivity contribution in [3.63, 3.8) is 0 Å². The average molecular weight is 307 g/mol. The molecule has 21 heavy (non-hydrogen) atoms. The predicted molar refractivity (Wildman–Crippen MR) is 73.8 cm³/mol. The number of nitrogens with zero attached hydrogens (tertiary/aromatic N) is 2. The molecule has 0 atom stereocenters. The van der Waals surface area contributed by atoms with Crippen molar-refractivity contribution < 1.29 is 19.0 Å². The SMILES string of the molecule is COC(=O)c1cnc(Cc2ccc3c(c2)OCO3)nc1Cl. The van der Waals surface area contributed by atoms with E-state index < -0.39 is 5.97 Å². The highest BCUT2D eigenvalue weighted by molar-refractivity contribution is 6.32. The minimum absolute atomic E-state index is 0.0765. The Morgan fingerprint density at radius 3 is 2.95 bits per heavy atom. The zero-order valence-corrected chi connectivity index (χ0v) is 11.9. The van der Waals surface area contributed by atoms with Gasteiger partial charge < -0.3 is 14.2 Å². The summed E-state index contributed by atoms with van der Waals surface area (Å²) in [6.45, 7) is 0.231. The van der Waals surface area contributed by atoms with Crippen molar-refractivity contribution in [2.75, 3.05) is 13.9 Å². The van der Waals surface area contributed by atoms with Crippen LogP contribution in [0.15, 0.2) is 24.4 Å². The Kier molecular flexibility index (Phi) is 3.62. The quantitative estimate of drug-likeness (QED) is 0.640. The largest absolute Gasteiger partial charge is 0.465 e. The number of ether oxygens (including phenoxy) is 3. The fourth-order valence-corrected chi connectivity index (χ4v) is 2.18. The van der Waals surface area contributed by atoms with Crippen LogP contribution in [0.1, 0.15) is 21.7 Å². The lowest BCUT2D eigenvalue weighted by atomic mass is 10.1. The second-order valence-corrected chi connectivity index (χ2v) is 4.70. The third kappa shape index (κ3) is 2.75. The van der Waals surface area contributed by atoms with Gasteiger partial charge in [0.05, 0.1) is 7.11 Å². The van der Waals surface area contributed by atoms with Crippen LogP contribution < -0.4 is 9.47 Å². The van der Waals surface area contributed by atoms with Gasteiger partial charge in [-0.25, -0.2) is 14.8 Å². The number of carbonyl (C=O) groups excluding carboxylic acids is 1. The number of rotatable bonds is 3. The van der Waals surface area contributed by atoms with Crippen LogP contribution in [0.3, 0.4) is 0 Å². The van der Waals surface area contributed by atoms with Crippen LogP contribution in [-0.4, -0.2) is 29.8 Å². The molecule has 0 fully saturated rings. The maximum Gasteiger partial charge on any atom is 0.342 e. The average Bonchev–Trinajstić information content (AvgIpc) is 2.94. The molecule has 0 amide bonds. The second-order valence-electron chi connectivity index (χ2n) is 4.35. The normalized spacial score (nSPS) is 12.3. The van der Waals surface area contributed by atoms with Crippen LogP contribution in [0.5, 0.6) is 11.5 Å². The summed E-state index contributed by atoms with van der Waals surface area (Å²) in [6, 6.07) is 5.61. The molecular weight excluding hydrogens is 296 g/mol. The van der Waals surface area contributed by atoms with E-state index in [-0.39, 0.29) is 17.5 Å². The summed E-state index contributed by atoms with van der Waals surface area (Å²) >= 11 is 5.97. The molecule has 1 aromatic heterocycles. The summed E-state index contributed by atoms with van der Waals surface area (Å²) in [5.74, 6) is 1.37. The number of hydrogen-bond acceptors (Lipinski definition) is 6. The molecule has 108 valence electrons. The Bertz CT molecular complexity index is 705. The van der Waals surface area contributed by atoms with Gasteiger partial charge in [-0.3, -0.25) is 0 Å². The van der Waals surface area contributed by atoms with E-state index in [1.165, 1.54) is 13.3 Å². The molecule has 0 radical (unpaired) electrons. The van der Waals surface area contributed by atoms with E-state index >= 15 is 0 Å². The molecular formula is C14H11ClN2O4. The third-order valence-electron chi connectivity index (χ3n) is 3.00. The van der Waals surface area contributed by atoms with Crippen LogP contribution in [0.2, 0.25) is 5.15 Å². The number of hydrogen-bond donors (Lipinski definition) is 0. The van der Waals surface area contributed by atoms with Crippen LogP contribution in [0, 0.1) is 0 Å². The molecule has 0 spiro atoms. The van der Waals surface area contributed by atoms with Gasteiger partial charge >= 0.3 is 5.97 Å². The van der Waals surface area contributed by atoms with Gasteiger partial charge in [-0.15, -0.1) is 0 Å². The van der Waals surface area contributed by atoms with Crippen molar-refractivity contribution in [1.82, 2.24) is 9.97 Å². The van der Waals surface area contributed by atoms with Gasteiger partial charge in [-0.05, 0) is 17.7 Å². The van der Waals surface area contributed by atoms with Crippen LogP contribution >= 0.6 is 11.6 Å². The van der Waals surface area contributed by atoms with Crippen LogP contribution in [0.25, 0.3) is 0 Å². The van der Waals surface area contributed by atoms with E-state index in [0.29, 0.717) is 18.0 Å². The predicted octanol–water partition coefficient (Wildman–Crippen LogP) is 2.24. The molecule has 0 saturated carbocycles. The second kappa shape index (κ2) is 5.57. The summed E-state index contributed by atoms with van der Waals surface area (Å²) in [6.07, 6.45) is 1.83. The Morgan fingerprint density at radius 2 is 2.19 bits per heavy atom. The number of halogens is 1. The molecule has 7 heteroatoms. The molecule has 3 rings (SSSR count). The van der Waals surface area contributed by atoms with Gasteiger partial charge in [0.2, 0.25) is 6.79 Å². The van der Waals surface area contributed by atoms with E-state index in [1.807, 2.05) is 18.2 Å². The lowest BCUT2D eigenvalue weighted by molar-refractivity contribution is 0.0600. The summed E-state index contributed by atoms with van der Waals surface area (Å²) in [4.78, 5) is 19.7. The van der Waals surface area contributed by atoms with Crippen molar-refractivity contribution in [2.45, 2.75) is 6.42 Å². The zero-order chi connectivity index (χ0) is 14.8. The van der Waals surface area contributed by atoms with Crippen molar-refractivity contribution in [1.29, 1.82) is 0 Å². The maximum absolute atomic E-state index is 11.4. The van der Waals surface area contributed by atoms with E-state index in [9.17, 15) is 4.79 Å². The van der Waals surface area contributed by atoms with E-state index in [0.717, 1.165) is 11.3 Å². The maximum atomic E-state index is 11.4. The molecule has 0 N–H and O–H groups in total. The standard InChI is InChI=1S/C14H11ClN2O4/c1-19-14(18)9-6-16-12(17-13(9)15)5-8-2-3-10-11(4-8)21-7-20-10/h2-4,6H,5,7H2,1H3. The molecule has 2 aromatic rings. The highest BCUT2D eigenvalue weighted by Gasteiger charge is 2.16. The number of benzene rings is 1. The van der Waals surface area contributed by atoms with Gasteiger partial charge in [0.25, 0.3) is 0 Å².